The molecular weight excluding hydrogens is 278 g/mol. The van der Waals surface area contributed by atoms with Crippen LogP contribution in [0, 0.1) is 0 Å². The number of benzene rings is 1. The van der Waals surface area contributed by atoms with Crippen LogP contribution in [-0.2, 0) is 9.84 Å². The molecule has 20 heavy (non-hydrogen) atoms. The number of carbonyl (C=O) groups excluding carboxylic acids is 1. The second kappa shape index (κ2) is 5.70. The molecule has 1 amide bonds. The topological polar surface area (TPSA) is 87.3 Å². The number of amides is 1. The largest absolute Gasteiger partial charge is 0.382 e. The summed E-state index contributed by atoms with van der Waals surface area (Å²) >= 11 is 0. The van der Waals surface area contributed by atoms with E-state index in [-0.39, 0.29) is 11.7 Å². The molecule has 1 aliphatic rings. The van der Waals surface area contributed by atoms with Gasteiger partial charge in [0.05, 0.1) is 22.7 Å². The summed E-state index contributed by atoms with van der Waals surface area (Å²) in [5, 5.41) is 9.12. The van der Waals surface area contributed by atoms with Gasteiger partial charge in [0, 0.05) is 25.4 Å². The summed E-state index contributed by atoms with van der Waals surface area (Å²) in [6, 6.07) is 5.00. The van der Waals surface area contributed by atoms with Crippen LogP contribution in [0.15, 0.2) is 18.2 Å². The Labute approximate surface area is 118 Å². The molecule has 0 bridgehead atoms. The van der Waals surface area contributed by atoms with E-state index in [1.807, 2.05) is 6.07 Å². The van der Waals surface area contributed by atoms with E-state index in [4.69, 9.17) is 0 Å². The highest BCUT2D eigenvalue weighted by molar-refractivity contribution is 7.90. The summed E-state index contributed by atoms with van der Waals surface area (Å²) in [5.74, 6) is -0.339. The molecule has 0 saturated heterocycles. The van der Waals surface area contributed by atoms with Crippen LogP contribution in [-0.4, -0.2) is 45.5 Å². The van der Waals surface area contributed by atoms with Crippen LogP contribution in [0.4, 0.5) is 11.4 Å². The Morgan fingerprint density at radius 1 is 1.35 bits per heavy atom. The van der Waals surface area contributed by atoms with Gasteiger partial charge in [0.1, 0.15) is 9.84 Å². The molecule has 0 radical (unpaired) electrons. The van der Waals surface area contributed by atoms with E-state index in [1.165, 1.54) is 0 Å². The van der Waals surface area contributed by atoms with E-state index in [1.54, 1.807) is 19.1 Å². The number of anilines is 2. The highest BCUT2D eigenvalue weighted by atomic mass is 32.2. The Kier molecular flexibility index (Phi) is 4.17. The van der Waals surface area contributed by atoms with E-state index in [2.05, 4.69) is 16.0 Å². The van der Waals surface area contributed by atoms with Gasteiger partial charge in [-0.25, -0.2) is 8.42 Å². The summed E-state index contributed by atoms with van der Waals surface area (Å²) < 4.78 is 22.4. The monoisotopic (exact) mass is 297 g/mol. The lowest BCUT2D eigenvalue weighted by molar-refractivity contribution is 0.0944. The number of hydrogen-bond acceptors (Lipinski definition) is 5. The van der Waals surface area contributed by atoms with E-state index in [0.717, 1.165) is 30.7 Å². The highest BCUT2D eigenvalue weighted by Gasteiger charge is 2.19. The third kappa shape index (κ3) is 3.63. The number of carbonyl (C=O) groups is 1. The first-order chi connectivity index (χ1) is 9.37. The normalized spacial score (nSPS) is 15.5. The number of rotatable bonds is 4. The molecular formula is C13H19N3O3S. The molecule has 1 aromatic rings. The van der Waals surface area contributed by atoms with Gasteiger partial charge < -0.3 is 16.0 Å². The molecule has 0 fully saturated rings. The Bertz CT molecular complexity index is 613. The first-order valence-electron chi connectivity index (χ1n) is 6.46. The van der Waals surface area contributed by atoms with Crippen LogP contribution in [0.1, 0.15) is 17.3 Å². The van der Waals surface area contributed by atoms with Gasteiger partial charge in [-0.1, -0.05) is 6.07 Å². The zero-order chi connectivity index (χ0) is 14.8. The van der Waals surface area contributed by atoms with Crippen molar-refractivity contribution in [2.45, 2.75) is 13.0 Å². The van der Waals surface area contributed by atoms with Crippen LogP contribution < -0.4 is 16.0 Å². The Morgan fingerprint density at radius 2 is 2.05 bits per heavy atom. The molecule has 6 nitrogen and oxygen atoms in total. The van der Waals surface area contributed by atoms with Crippen molar-refractivity contribution in [1.82, 2.24) is 5.32 Å². The third-order valence-electron chi connectivity index (χ3n) is 2.98. The van der Waals surface area contributed by atoms with Crippen LogP contribution in [0.2, 0.25) is 0 Å². The lowest BCUT2D eigenvalue weighted by Crippen LogP contribution is -2.38. The lowest BCUT2D eigenvalue weighted by atomic mass is 10.1. The maximum atomic E-state index is 12.2. The van der Waals surface area contributed by atoms with E-state index in [9.17, 15) is 13.2 Å². The van der Waals surface area contributed by atoms with Crippen molar-refractivity contribution in [1.29, 1.82) is 0 Å². The average molecular weight is 297 g/mol. The zero-order valence-electron chi connectivity index (χ0n) is 11.6. The fourth-order valence-electron chi connectivity index (χ4n) is 2.26. The predicted octanol–water partition coefficient (Wildman–Crippen LogP) is 0.687. The number of hydrogen-bond donors (Lipinski definition) is 3. The third-order valence-corrected chi connectivity index (χ3v) is 4.09. The van der Waals surface area contributed by atoms with Crippen molar-refractivity contribution >= 4 is 27.1 Å². The van der Waals surface area contributed by atoms with Gasteiger partial charge in [-0.15, -0.1) is 0 Å². The fraction of sp³-hybridized carbons (Fsp3) is 0.462. The first-order valence-corrected chi connectivity index (χ1v) is 8.52. The maximum Gasteiger partial charge on any atom is 0.253 e. The summed E-state index contributed by atoms with van der Waals surface area (Å²) in [6.07, 6.45) is 1.16. The number of para-hydroxylation sites is 1. The van der Waals surface area contributed by atoms with Gasteiger partial charge >= 0.3 is 0 Å². The van der Waals surface area contributed by atoms with Gasteiger partial charge in [-0.05, 0) is 19.1 Å². The number of nitrogens with one attached hydrogen (secondary N) is 3. The molecule has 110 valence electrons. The molecule has 1 aliphatic heterocycles. The summed E-state index contributed by atoms with van der Waals surface area (Å²) in [5.41, 5.74) is 2.18. The molecule has 0 spiro atoms. The summed E-state index contributed by atoms with van der Waals surface area (Å²) in [7, 11) is -3.11. The summed E-state index contributed by atoms with van der Waals surface area (Å²) in [4.78, 5) is 12.2. The van der Waals surface area contributed by atoms with Crippen molar-refractivity contribution in [2.24, 2.45) is 0 Å². The molecule has 0 saturated carbocycles. The quantitative estimate of drug-likeness (QED) is 0.761. The Balaban J connectivity index is 2.14. The van der Waals surface area contributed by atoms with Gasteiger partial charge in [0.25, 0.3) is 5.91 Å². The van der Waals surface area contributed by atoms with E-state index >= 15 is 0 Å². The molecule has 1 aromatic carbocycles. The molecule has 7 heteroatoms. The standard InChI is InChI=1S/C13H19N3O3S/c1-9(8-20(2,18)19)16-13(17)10-4-3-5-11-12(10)15-7-6-14-11/h3-5,9,14-15H,6-8H2,1-2H3,(H,16,17). The Hall–Kier alpha value is -1.76. The predicted molar refractivity (Wildman–Crippen MR) is 80.1 cm³/mol. The van der Waals surface area contributed by atoms with Crippen LogP contribution in [0.25, 0.3) is 0 Å². The summed E-state index contributed by atoms with van der Waals surface area (Å²) in [6.45, 7) is 3.23. The molecule has 0 aromatic heterocycles. The van der Waals surface area contributed by atoms with Gasteiger partial charge in [0.15, 0.2) is 0 Å². The maximum absolute atomic E-state index is 12.2. The fourth-order valence-corrected chi connectivity index (χ4v) is 3.25. The van der Waals surface area contributed by atoms with Gasteiger partial charge in [-0.3, -0.25) is 4.79 Å². The molecule has 1 atom stereocenters. The average Bonchev–Trinajstić information content (AvgIpc) is 2.35. The Morgan fingerprint density at radius 3 is 2.75 bits per heavy atom. The SMILES string of the molecule is CC(CS(C)(=O)=O)NC(=O)c1cccc2c1NCCN2. The van der Waals surface area contributed by atoms with Crippen molar-refractivity contribution < 1.29 is 13.2 Å². The van der Waals surface area contributed by atoms with Gasteiger partial charge in [0.2, 0.25) is 0 Å². The molecule has 2 rings (SSSR count). The minimum Gasteiger partial charge on any atom is -0.382 e. The second-order valence-electron chi connectivity index (χ2n) is 5.05. The smallest absolute Gasteiger partial charge is 0.253 e. The number of sulfone groups is 1. The van der Waals surface area contributed by atoms with E-state index < -0.39 is 15.9 Å². The molecule has 0 aliphatic carbocycles. The van der Waals surface area contributed by atoms with Crippen LogP contribution >= 0.6 is 0 Å². The van der Waals surface area contributed by atoms with E-state index in [0.29, 0.717) is 5.56 Å². The van der Waals surface area contributed by atoms with Crippen molar-refractivity contribution in [3.05, 3.63) is 23.8 Å². The van der Waals surface area contributed by atoms with Crippen LogP contribution in [0.5, 0.6) is 0 Å². The van der Waals surface area contributed by atoms with Crippen molar-refractivity contribution in [3.8, 4) is 0 Å². The molecule has 1 heterocycles. The second-order valence-corrected chi connectivity index (χ2v) is 7.23. The van der Waals surface area contributed by atoms with Crippen molar-refractivity contribution in [3.63, 3.8) is 0 Å². The molecule has 1 unspecified atom stereocenters. The zero-order valence-corrected chi connectivity index (χ0v) is 12.4. The number of fused-ring (bicyclic) bond motifs is 1. The van der Waals surface area contributed by atoms with Gasteiger partial charge in [-0.2, -0.15) is 0 Å². The van der Waals surface area contributed by atoms with Crippen molar-refractivity contribution in [2.75, 3.05) is 35.7 Å². The minimum absolute atomic E-state index is 0.0700. The lowest BCUT2D eigenvalue weighted by Gasteiger charge is -2.23. The first kappa shape index (κ1) is 14.6. The van der Waals surface area contributed by atoms with Crippen LogP contribution in [0.3, 0.4) is 0 Å². The minimum atomic E-state index is -3.11. The highest BCUT2D eigenvalue weighted by Crippen LogP contribution is 2.28. The molecule has 3 N–H and O–H groups in total.